The van der Waals surface area contributed by atoms with Crippen LogP contribution in [0, 0.1) is 0 Å². The van der Waals surface area contributed by atoms with Crippen LogP contribution < -0.4 is 10.2 Å². The Bertz CT molecular complexity index is 706. The van der Waals surface area contributed by atoms with Gasteiger partial charge in [-0.05, 0) is 51.4 Å². The first-order valence-corrected chi connectivity index (χ1v) is 9.47. The highest BCUT2D eigenvalue weighted by Crippen LogP contribution is 2.34. The van der Waals surface area contributed by atoms with Crippen LogP contribution in [0.3, 0.4) is 0 Å². The van der Waals surface area contributed by atoms with Gasteiger partial charge in [-0.25, -0.2) is 8.78 Å². The van der Waals surface area contributed by atoms with E-state index >= 15 is 0 Å². The molecule has 1 aromatic rings. The zero-order chi connectivity index (χ0) is 19.8. The van der Waals surface area contributed by atoms with Crippen molar-refractivity contribution in [3.05, 3.63) is 29.8 Å². The van der Waals surface area contributed by atoms with Crippen LogP contribution in [0.25, 0.3) is 0 Å². The number of carbonyl (C=O) groups excluding carboxylic acids is 2. The lowest BCUT2D eigenvalue weighted by molar-refractivity contribution is -0.134. The third kappa shape index (κ3) is 4.13. The number of imide groups is 1. The van der Waals surface area contributed by atoms with Crippen molar-refractivity contribution in [2.45, 2.75) is 57.0 Å². The molecule has 0 aromatic heterocycles. The van der Waals surface area contributed by atoms with E-state index in [-0.39, 0.29) is 30.3 Å². The minimum absolute atomic E-state index is 0.0697. The molecule has 0 aliphatic carbocycles. The van der Waals surface area contributed by atoms with Gasteiger partial charge in [0.2, 0.25) is 11.8 Å². The predicted molar refractivity (Wildman–Crippen MR) is 100 cm³/mol. The molecule has 3 rings (SSSR count). The number of anilines is 1. The summed E-state index contributed by atoms with van der Waals surface area (Å²) in [6, 6.07) is 6.51. The smallest absolute Gasteiger partial charge is 0.280 e. The molecular formula is C20H27F2N3O2. The van der Waals surface area contributed by atoms with Crippen LogP contribution in [0.1, 0.15) is 44.6 Å². The zero-order valence-electron chi connectivity index (χ0n) is 16.0. The van der Waals surface area contributed by atoms with Crippen molar-refractivity contribution < 1.29 is 18.4 Å². The number of benzene rings is 1. The Hall–Kier alpha value is -2.02. The second-order valence-corrected chi connectivity index (χ2v) is 7.84. The van der Waals surface area contributed by atoms with E-state index in [1.807, 2.05) is 13.8 Å². The Morgan fingerprint density at radius 1 is 1.19 bits per heavy atom. The van der Waals surface area contributed by atoms with Crippen LogP contribution in [0.5, 0.6) is 0 Å². The summed E-state index contributed by atoms with van der Waals surface area (Å²) in [6.07, 6.45) is 1.20. The zero-order valence-corrected chi connectivity index (χ0v) is 16.0. The first kappa shape index (κ1) is 19.7. The molecular weight excluding hydrogens is 352 g/mol. The van der Waals surface area contributed by atoms with Gasteiger partial charge in [0.05, 0.1) is 18.5 Å². The molecule has 0 bridgehead atoms. The predicted octanol–water partition coefficient (Wildman–Crippen LogP) is 2.76. The normalized spacial score (nSPS) is 25.8. The number of halogens is 2. The third-order valence-electron chi connectivity index (χ3n) is 5.77. The number of hydrogen-bond donors (Lipinski definition) is 1. The van der Waals surface area contributed by atoms with E-state index in [4.69, 9.17) is 0 Å². The lowest BCUT2D eigenvalue weighted by Crippen LogP contribution is -2.58. The van der Waals surface area contributed by atoms with E-state index in [1.165, 1.54) is 0 Å². The van der Waals surface area contributed by atoms with Crippen molar-refractivity contribution in [1.82, 2.24) is 10.2 Å². The molecule has 2 heterocycles. The summed E-state index contributed by atoms with van der Waals surface area (Å²) < 4.78 is 29.4. The monoisotopic (exact) mass is 379 g/mol. The quantitative estimate of drug-likeness (QED) is 0.818. The lowest BCUT2D eigenvalue weighted by Gasteiger charge is -2.44. The van der Waals surface area contributed by atoms with Gasteiger partial charge in [0.15, 0.2) is 0 Å². The van der Waals surface area contributed by atoms with Gasteiger partial charge in [-0.3, -0.25) is 19.8 Å². The molecule has 2 aliphatic rings. The maximum Gasteiger partial charge on any atom is 0.280 e. The Balaban J connectivity index is 1.69. The maximum atomic E-state index is 14.7. The van der Waals surface area contributed by atoms with E-state index in [0.717, 1.165) is 11.3 Å². The topological polar surface area (TPSA) is 52.6 Å². The van der Waals surface area contributed by atoms with Crippen LogP contribution in [-0.2, 0) is 9.59 Å². The molecule has 2 amide bonds. The largest absolute Gasteiger partial charge is 0.365 e. The Labute approximate surface area is 158 Å². The summed E-state index contributed by atoms with van der Waals surface area (Å²) in [5.74, 6) is -3.68. The summed E-state index contributed by atoms with van der Waals surface area (Å²) in [7, 11) is 1.76. The van der Waals surface area contributed by atoms with Gasteiger partial charge in [0.25, 0.3) is 5.92 Å². The van der Waals surface area contributed by atoms with Crippen molar-refractivity contribution in [3.63, 3.8) is 0 Å². The van der Waals surface area contributed by atoms with E-state index in [1.54, 1.807) is 41.1 Å². The Morgan fingerprint density at radius 2 is 1.85 bits per heavy atom. The molecule has 0 saturated carbocycles. The van der Waals surface area contributed by atoms with Crippen LogP contribution in [0.4, 0.5) is 14.5 Å². The SMILES string of the molecule is CC(C)N(C)C1CCN(c2ccc(C3CCC(=O)NC3=O)cc2)CC1(F)F. The maximum absolute atomic E-state index is 14.7. The molecule has 0 radical (unpaired) electrons. The lowest BCUT2D eigenvalue weighted by atomic mass is 9.90. The fraction of sp³-hybridized carbons (Fsp3) is 0.600. The second kappa shape index (κ2) is 7.54. The molecule has 0 spiro atoms. The molecule has 27 heavy (non-hydrogen) atoms. The van der Waals surface area contributed by atoms with Crippen molar-refractivity contribution in [2.24, 2.45) is 0 Å². The average molecular weight is 379 g/mol. The minimum Gasteiger partial charge on any atom is -0.365 e. The molecule has 2 atom stereocenters. The van der Waals surface area contributed by atoms with Gasteiger partial charge in [-0.15, -0.1) is 0 Å². The van der Waals surface area contributed by atoms with Gasteiger partial charge in [-0.2, -0.15) is 0 Å². The number of carbonyl (C=O) groups is 2. The van der Waals surface area contributed by atoms with E-state index in [2.05, 4.69) is 5.32 Å². The number of nitrogens with one attached hydrogen (secondary N) is 1. The first-order chi connectivity index (χ1) is 12.7. The molecule has 5 nitrogen and oxygen atoms in total. The van der Waals surface area contributed by atoms with Gasteiger partial charge in [0, 0.05) is 24.7 Å². The second-order valence-electron chi connectivity index (χ2n) is 7.84. The van der Waals surface area contributed by atoms with Crippen LogP contribution in [0.2, 0.25) is 0 Å². The number of alkyl halides is 2. The Kier molecular flexibility index (Phi) is 5.51. The van der Waals surface area contributed by atoms with Crippen LogP contribution in [-0.4, -0.2) is 54.9 Å². The fourth-order valence-corrected chi connectivity index (χ4v) is 3.94. The van der Waals surface area contributed by atoms with E-state index in [0.29, 0.717) is 25.8 Å². The van der Waals surface area contributed by atoms with E-state index in [9.17, 15) is 18.4 Å². The number of amides is 2. The average Bonchev–Trinajstić information content (AvgIpc) is 2.60. The highest BCUT2D eigenvalue weighted by atomic mass is 19.3. The summed E-state index contributed by atoms with van der Waals surface area (Å²) in [5, 5.41) is 2.35. The number of piperidine rings is 2. The molecule has 2 aliphatic heterocycles. The highest BCUT2D eigenvalue weighted by molar-refractivity contribution is 6.00. The molecule has 7 heteroatoms. The van der Waals surface area contributed by atoms with Crippen molar-refractivity contribution >= 4 is 17.5 Å². The fourth-order valence-electron chi connectivity index (χ4n) is 3.94. The molecule has 2 unspecified atom stereocenters. The van der Waals surface area contributed by atoms with Crippen LogP contribution >= 0.6 is 0 Å². The van der Waals surface area contributed by atoms with Gasteiger partial charge in [0.1, 0.15) is 0 Å². The van der Waals surface area contributed by atoms with Gasteiger partial charge < -0.3 is 4.90 Å². The molecule has 2 saturated heterocycles. The van der Waals surface area contributed by atoms with Crippen LogP contribution in [0.15, 0.2) is 24.3 Å². The first-order valence-electron chi connectivity index (χ1n) is 9.47. The standard InChI is InChI=1S/C20H27F2N3O2/c1-13(2)24(3)17-10-11-25(12-20(17,21)22)15-6-4-14(5-7-15)16-8-9-18(26)23-19(16)27/h4-7,13,16-17H,8-12H2,1-3H3,(H,23,26,27). The van der Waals surface area contributed by atoms with Crippen molar-refractivity contribution in [3.8, 4) is 0 Å². The Morgan fingerprint density at radius 3 is 2.41 bits per heavy atom. The summed E-state index contributed by atoms with van der Waals surface area (Å²) in [6.45, 7) is 4.11. The van der Waals surface area contributed by atoms with Crippen molar-refractivity contribution in [1.29, 1.82) is 0 Å². The number of nitrogens with zero attached hydrogens (tertiary/aromatic N) is 2. The summed E-state index contributed by atoms with van der Waals surface area (Å²) in [5.41, 5.74) is 1.54. The summed E-state index contributed by atoms with van der Waals surface area (Å²) in [4.78, 5) is 26.7. The number of rotatable bonds is 4. The third-order valence-corrected chi connectivity index (χ3v) is 5.77. The number of hydrogen-bond acceptors (Lipinski definition) is 4. The molecule has 1 N–H and O–H groups in total. The van der Waals surface area contributed by atoms with E-state index < -0.39 is 12.0 Å². The molecule has 148 valence electrons. The minimum atomic E-state index is -2.79. The van der Waals surface area contributed by atoms with Gasteiger partial charge in [-0.1, -0.05) is 12.1 Å². The highest BCUT2D eigenvalue weighted by Gasteiger charge is 2.47. The van der Waals surface area contributed by atoms with Gasteiger partial charge >= 0.3 is 0 Å². The van der Waals surface area contributed by atoms with Crippen molar-refractivity contribution in [2.75, 3.05) is 25.0 Å². The molecule has 2 fully saturated rings. The summed E-state index contributed by atoms with van der Waals surface area (Å²) >= 11 is 0. The molecule has 1 aromatic carbocycles.